The van der Waals surface area contributed by atoms with E-state index in [1.807, 2.05) is 50.2 Å². The zero-order chi connectivity index (χ0) is 19.4. The molecule has 1 heterocycles. The van der Waals surface area contributed by atoms with Gasteiger partial charge in [0.25, 0.3) is 5.19 Å². The smallest absolute Gasteiger partial charge is 0.279 e. The van der Waals surface area contributed by atoms with Crippen molar-refractivity contribution in [1.29, 1.82) is 0 Å². The fourth-order valence-electron chi connectivity index (χ4n) is 2.69. The van der Waals surface area contributed by atoms with Gasteiger partial charge in [-0.3, -0.25) is 0 Å². The molecule has 0 fully saturated rings. The second kappa shape index (κ2) is 8.15. The average Bonchev–Trinajstić information content (AvgIpc) is 3.08. The highest BCUT2D eigenvalue weighted by atomic mass is 32.1. The van der Waals surface area contributed by atoms with E-state index in [1.54, 1.807) is 14.2 Å². The highest BCUT2D eigenvalue weighted by Crippen LogP contribution is 2.37. The second-order valence-electron chi connectivity index (χ2n) is 6.75. The van der Waals surface area contributed by atoms with Gasteiger partial charge in [-0.2, -0.15) is 0 Å². The Morgan fingerprint density at radius 2 is 1.89 bits per heavy atom. The highest BCUT2D eigenvalue weighted by molar-refractivity contribution is 7.20. The van der Waals surface area contributed by atoms with Crippen molar-refractivity contribution in [2.75, 3.05) is 14.2 Å². The Hall–Kier alpha value is -2.31. The van der Waals surface area contributed by atoms with E-state index in [-0.39, 0.29) is 0 Å². The lowest BCUT2D eigenvalue weighted by Crippen LogP contribution is -2.23. The third kappa shape index (κ3) is 4.70. The lowest BCUT2D eigenvalue weighted by molar-refractivity contribution is 0.0473. The summed E-state index contributed by atoms with van der Waals surface area (Å²) < 4.78 is 17.7. The largest absolute Gasteiger partial charge is 0.497 e. The van der Waals surface area contributed by atoms with Crippen LogP contribution in [-0.4, -0.2) is 29.9 Å². The molecule has 0 saturated carbocycles. The number of hydrogen-bond donors (Lipinski definition) is 1. The van der Waals surface area contributed by atoms with Crippen LogP contribution in [0.2, 0.25) is 0 Å². The summed E-state index contributed by atoms with van der Waals surface area (Å²) in [6.07, 6.45) is 2.21. The molecule has 3 aromatic rings. The summed E-state index contributed by atoms with van der Waals surface area (Å²) in [4.78, 5) is 4.51. The summed E-state index contributed by atoms with van der Waals surface area (Å²) >= 11 is 1.46. The normalized spacial score (nSPS) is 13.4. The molecule has 1 N–H and O–H groups in total. The average molecular weight is 388 g/mol. The van der Waals surface area contributed by atoms with Crippen LogP contribution < -0.4 is 14.2 Å². The molecule has 1 unspecified atom stereocenters. The van der Waals surface area contributed by atoms with Crippen LogP contribution in [0, 0.1) is 0 Å². The van der Waals surface area contributed by atoms with Gasteiger partial charge in [0.15, 0.2) is 11.5 Å². The van der Waals surface area contributed by atoms with E-state index in [0.717, 1.165) is 34.4 Å². The standard InChI is InChI=1S/C21H25NO4S/c1-5-21(2,23)11-10-14-6-9-17(18(12-14)25-4)26-20-22-16-8-7-15(24-3)13-19(16)27-20/h6-9,12-13,23H,5,10-11H2,1-4H3. The summed E-state index contributed by atoms with van der Waals surface area (Å²) in [7, 11) is 3.27. The number of benzene rings is 2. The number of fused-ring (bicyclic) bond motifs is 1. The quantitative estimate of drug-likeness (QED) is 0.576. The molecule has 0 saturated heterocycles. The summed E-state index contributed by atoms with van der Waals surface area (Å²) in [5.74, 6) is 2.07. The molecule has 0 aliphatic carbocycles. The first-order valence-corrected chi connectivity index (χ1v) is 9.77. The zero-order valence-electron chi connectivity index (χ0n) is 16.1. The van der Waals surface area contributed by atoms with Crippen LogP contribution in [0.4, 0.5) is 0 Å². The molecule has 2 aromatic carbocycles. The van der Waals surface area contributed by atoms with Crippen LogP contribution in [-0.2, 0) is 6.42 Å². The van der Waals surface area contributed by atoms with Gasteiger partial charge in [0, 0.05) is 0 Å². The van der Waals surface area contributed by atoms with Gasteiger partial charge in [-0.25, -0.2) is 4.98 Å². The minimum atomic E-state index is -0.648. The molecule has 27 heavy (non-hydrogen) atoms. The Balaban J connectivity index is 1.78. The maximum absolute atomic E-state index is 10.2. The third-order valence-electron chi connectivity index (χ3n) is 4.72. The Labute approximate surface area is 163 Å². The zero-order valence-corrected chi connectivity index (χ0v) is 16.9. The maximum Gasteiger partial charge on any atom is 0.279 e. The van der Waals surface area contributed by atoms with Crippen molar-refractivity contribution in [3.05, 3.63) is 42.0 Å². The van der Waals surface area contributed by atoms with Crippen molar-refractivity contribution in [1.82, 2.24) is 4.98 Å². The van der Waals surface area contributed by atoms with Crippen LogP contribution >= 0.6 is 11.3 Å². The van der Waals surface area contributed by atoms with E-state index < -0.39 is 5.60 Å². The highest BCUT2D eigenvalue weighted by Gasteiger charge is 2.18. The Kier molecular flexibility index (Phi) is 5.87. The van der Waals surface area contributed by atoms with Crippen LogP contribution in [0.25, 0.3) is 10.2 Å². The fourth-order valence-corrected chi connectivity index (χ4v) is 3.55. The predicted molar refractivity (Wildman–Crippen MR) is 108 cm³/mol. The van der Waals surface area contributed by atoms with Crippen LogP contribution in [0.5, 0.6) is 22.4 Å². The number of aliphatic hydroxyl groups is 1. The van der Waals surface area contributed by atoms with Crippen molar-refractivity contribution in [2.24, 2.45) is 0 Å². The number of nitrogens with zero attached hydrogens (tertiary/aromatic N) is 1. The van der Waals surface area contributed by atoms with E-state index in [4.69, 9.17) is 14.2 Å². The number of aromatic nitrogens is 1. The number of methoxy groups -OCH3 is 2. The molecule has 0 spiro atoms. The number of ether oxygens (including phenoxy) is 3. The Morgan fingerprint density at radius 1 is 1.07 bits per heavy atom. The molecule has 1 aromatic heterocycles. The summed E-state index contributed by atoms with van der Waals surface area (Å²) in [5, 5.41) is 10.7. The van der Waals surface area contributed by atoms with E-state index in [2.05, 4.69) is 4.98 Å². The van der Waals surface area contributed by atoms with Gasteiger partial charge in [0.2, 0.25) is 0 Å². The van der Waals surface area contributed by atoms with Gasteiger partial charge in [-0.05, 0) is 62.1 Å². The van der Waals surface area contributed by atoms with Gasteiger partial charge in [-0.1, -0.05) is 24.3 Å². The van der Waals surface area contributed by atoms with Crippen molar-refractivity contribution in [2.45, 2.75) is 38.7 Å². The SMILES string of the molecule is CCC(C)(O)CCc1ccc(Oc2nc3ccc(OC)cc3s2)c(OC)c1. The molecule has 0 amide bonds. The Morgan fingerprint density at radius 3 is 2.59 bits per heavy atom. The second-order valence-corrected chi connectivity index (χ2v) is 7.74. The molecule has 0 aliphatic heterocycles. The number of thiazole rings is 1. The van der Waals surface area contributed by atoms with E-state index in [1.165, 1.54) is 11.3 Å². The first kappa shape index (κ1) is 19.5. The molecular weight excluding hydrogens is 362 g/mol. The summed E-state index contributed by atoms with van der Waals surface area (Å²) in [6.45, 7) is 3.86. The lowest BCUT2D eigenvalue weighted by Gasteiger charge is -2.21. The van der Waals surface area contributed by atoms with Gasteiger partial charge >= 0.3 is 0 Å². The predicted octanol–water partition coefficient (Wildman–Crippen LogP) is 5.20. The molecule has 0 bridgehead atoms. The molecule has 6 heteroatoms. The molecular formula is C21H25NO4S. The molecule has 3 rings (SSSR count). The van der Waals surface area contributed by atoms with E-state index in [0.29, 0.717) is 23.1 Å². The van der Waals surface area contributed by atoms with Gasteiger partial charge in [-0.15, -0.1) is 0 Å². The topological polar surface area (TPSA) is 60.8 Å². The van der Waals surface area contributed by atoms with Crippen LogP contribution in [0.15, 0.2) is 36.4 Å². The lowest BCUT2D eigenvalue weighted by atomic mass is 9.94. The van der Waals surface area contributed by atoms with Crippen molar-refractivity contribution < 1.29 is 19.3 Å². The monoisotopic (exact) mass is 387 g/mol. The van der Waals surface area contributed by atoms with Gasteiger partial charge < -0.3 is 19.3 Å². The molecule has 0 radical (unpaired) electrons. The number of rotatable bonds is 8. The van der Waals surface area contributed by atoms with Gasteiger partial charge in [0.05, 0.1) is 30.0 Å². The first-order chi connectivity index (χ1) is 12.9. The maximum atomic E-state index is 10.2. The van der Waals surface area contributed by atoms with Crippen molar-refractivity contribution >= 4 is 21.6 Å². The Bertz CT molecular complexity index is 920. The van der Waals surface area contributed by atoms with E-state index in [9.17, 15) is 5.11 Å². The van der Waals surface area contributed by atoms with Crippen molar-refractivity contribution in [3.63, 3.8) is 0 Å². The molecule has 0 aliphatic rings. The van der Waals surface area contributed by atoms with Crippen molar-refractivity contribution in [3.8, 4) is 22.4 Å². The minimum absolute atomic E-state index is 0.554. The summed E-state index contributed by atoms with van der Waals surface area (Å²) in [5.41, 5.74) is 1.32. The third-order valence-corrected chi connectivity index (χ3v) is 5.61. The molecule has 144 valence electrons. The number of hydrogen-bond acceptors (Lipinski definition) is 6. The van der Waals surface area contributed by atoms with Gasteiger partial charge in [0.1, 0.15) is 5.75 Å². The van der Waals surface area contributed by atoms with Crippen LogP contribution in [0.1, 0.15) is 32.3 Å². The summed E-state index contributed by atoms with van der Waals surface area (Å²) in [6, 6.07) is 11.6. The fraction of sp³-hybridized carbons (Fsp3) is 0.381. The molecule has 5 nitrogen and oxygen atoms in total. The number of aryl methyl sites for hydroxylation is 1. The van der Waals surface area contributed by atoms with E-state index >= 15 is 0 Å². The minimum Gasteiger partial charge on any atom is -0.497 e. The first-order valence-electron chi connectivity index (χ1n) is 8.96. The molecule has 1 atom stereocenters. The van der Waals surface area contributed by atoms with Crippen LogP contribution in [0.3, 0.4) is 0 Å².